The van der Waals surface area contributed by atoms with E-state index in [9.17, 15) is 13.2 Å². The standard InChI is InChI=1S/C18H19NO4S/c1-13(2)18(20)23-16-8-6-15(7-9-16)12-19-24(21,22)17-10-4-14(3)5-11-17/h4-11,19H,1,12H2,2-3H3. The lowest BCUT2D eigenvalue weighted by Crippen LogP contribution is -2.23. The molecule has 0 unspecified atom stereocenters. The second-order valence-corrected chi connectivity index (χ2v) is 7.22. The first-order valence-corrected chi connectivity index (χ1v) is 8.79. The monoisotopic (exact) mass is 345 g/mol. The van der Waals surface area contributed by atoms with Crippen molar-refractivity contribution >= 4 is 16.0 Å². The summed E-state index contributed by atoms with van der Waals surface area (Å²) in [5.41, 5.74) is 2.06. The van der Waals surface area contributed by atoms with E-state index in [1.54, 1.807) is 55.5 Å². The Kier molecular flexibility index (Phi) is 5.54. The lowest BCUT2D eigenvalue weighted by Gasteiger charge is -2.08. The van der Waals surface area contributed by atoms with Crippen LogP contribution in [0.2, 0.25) is 0 Å². The lowest BCUT2D eigenvalue weighted by molar-refractivity contribution is -0.130. The van der Waals surface area contributed by atoms with E-state index >= 15 is 0 Å². The van der Waals surface area contributed by atoms with Crippen molar-refractivity contribution in [3.05, 3.63) is 71.8 Å². The van der Waals surface area contributed by atoms with Gasteiger partial charge in [-0.2, -0.15) is 0 Å². The first-order valence-electron chi connectivity index (χ1n) is 7.31. The normalized spacial score (nSPS) is 11.1. The number of rotatable bonds is 6. The molecule has 0 aliphatic carbocycles. The molecule has 0 radical (unpaired) electrons. The van der Waals surface area contributed by atoms with Gasteiger partial charge >= 0.3 is 5.97 Å². The molecule has 0 saturated carbocycles. The van der Waals surface area contributed by atoms with Gasteiger partial charge in [-0.05, 0) is 43.7 Å². The van der Waals surface area contributed by atoms with E-state index in [4.69, 9.17) is 4.74 Å². The van der Waals surface area contributed by atoms with Gasteiger partial charge in [-0.3, -0.25) is 0 Å². The second-order valence-electron chi connectivity index (χ2n) is 5.45. The van der Waals surface area contributed by atoms with Crippen LogP contribution in [0.5, 0.6) is 5.75 Å². The fourth-order valence-electron chi connectivity index (χ4n) is 1.85. The van der Waals surface area contributed by atoms with Crippen molar-refractivity contribution in [3.8, 4) is 5.75 Å². The van der Waals surface area contributed by atoms with E-state index in [-0.39, 0.29) is 11.4 Å². The molecule has 2 aromatic carbocycles. The van der Waals surface area contributed by atoms with Crippen molar-refractivity contribution in [1.82, 2.24) is 4.72 Å². The maximum absolute atomic E-state index is 12.2. The minimum Gasteiger partial charge on any atom is -0.423 e. The highest BCUT2D eigenvalue weighted by Crippen LogP contribution is 2.15. The average Bonchev–Trinajstić information content (AvgIpc) is 2.54. The molecule has 5 nitrogen and oxygen atoms in total. The molecule has 0 atom stereocenters. The van der Waals surface area contributed by atoms with Gasteiger partial charge in [-0.1, -0.05) is 36.4 Å². The first-order chi connectivity index (χ1) is 11.3. The molecule has 126 valence electrons. The maximum atomic E-state index is 12.2. The zero-order valence-corrected chi connectivity index (χ0v) is 14.4. The molecule has 1 N–H and O–H groups in total. The molecular formula is C18H19NO4S. The molecule has 0 spiro atoms. The van der Waals surface area contributed by atoms with Crippen LogP contribution in [0.25, 0.3) is 0 Å². The van der Waals surface area contributed by atoms with Crippen molar-refractivity contribution < 1.29 is 17.9 Å². The first kappa shape index (κ1) is 17.9. The molecule has 0 aliphatic heterocycles. The highest BCUT2D eigenvalue weighted by Gasteiger charge is 2.13. The number of carbonyl (C=O) groups excluding carboxylic acids is 1. The number of aryl methyl sites for hydroxylation is 1. The summed E-state index contributed by atoms with van der Waals surface area (Å²) in [6, 6.07) is 13.2. The van der Waals surface area contributed by atoms with Gasteiger partial charge in [-0.25, -0.2) is 17.9 Å². The van der Waals surface area contributed by atoms with Crippen LogP contribution in [0.1, 0.15) is 18.1 Å². The third-order valence-corrected chi connectivity index (χ3v) is 4.70. The minimum absolute atomic E-state index is 0.144. The lowest BCUT2D eigenvalue weighted by atomic mass is 10.2. The van der Waals surface area contributed by atoms with Crippen LogP contribution < -0.4 is 9.46 Å². The summed E-state index contributed by atoms with van der Waals surface area (Å²) >= 11 is 0. The molecular weight excluding hydrogens is 326 g/mol. The Hall–Kier alpha value is -2.44. The molecule has 2 aromatic rings. The van der Waals surface area contributed by atoms with Gasteiger partial charge in [0.15, 0.2) is 0 Å². The van der Waals surface area contributed by atoms with E-state index in [0.717, 1.165) is 11.1 Å². The van der Waals surface area contributed by atoms with Crippen LogP contribution in [0.4, 0.5) is 0 Å². The smallest absolute Gasteiger partial charge is 0.338 e. The van der Waals surface area contributed by atoms with Gasteiger partial charge in [0.05, 0.1) is 4.90 Å². The number of benzene rings is 2. The minimum atomic E-state index is -3.56. The van der Waals surface area contributed by atoms with Gasteiger partial charge in [0, 0.05) is 12.1 Å². The number of esters is 1. The molecule has 0 bridgehead atoms. The van der Waals surface area contributed by atoms with Gasteiger partial charge in [-0.15, -0.1) is 0 Å². The maximum Gasteiger partial charge on any atom is 0.338 e. The molecule has 6 heteroatoms. The van der Waals surface area contributed by atoms with Crippen LogP contribution in [0, 0.1) is 6.92 Å². The Labute approximate surface area is 142 Å². The third kappa shape index (κ3) is 4.78. The molecule has 0 amide bonds. The highest BCUT2D eigenvalue weighted by molar-refractivity contribution is 7.89. The van der Waals surface area contributed by atoms with Crippen LogP contribution in [-0.2, 0) is 21.4 Å². The average molecular weight is 345 g/mol. The number of nitrogens with one attached hydrogen (secondary N) is 1. The van der Waals surface area contributed by atoms with Crippen molar-refractivity contribution in [2.24, 2.45) is 0 Å². The van der Waals surface area contributed by atoms with Crippen molar-refractivity contribution in [2.45, 2.75) is 25.3 Å². The highest BCUT2D eigenvalue weighted by atomic mass is 32.2. The summed E-state index contributed by atoms with van der Waals surface area (Å²) in [5, 5.41) is 0. The summed E-state index contributed by atoms with van der Waals surface area (Å²) in [4.78, 5) is 11.6. The number of sulfonamides is 1. The third-order valence-electron chi connectivity index (χ3n) is 3.28. The number of hydrogen-bond acceptors (Lipinski definition) is 4. The van der Waals surface area contributed by atoms with Crippen LogP contribution in [-0.4, -0.2) is 14.4 Å². The molecule has 0 saturated heterocycles. The predicted octanol–water partition coefficient (Wildman–Crippen LogP) is 2.96. The Bertz CT molecular complexity index is 838. The molecule has 0 fully saturated rings. The largest absolute Gasteiger partial charge is 0.423 e. The summed E-state index contributed by atoms with van der Waals surface area (Å²) in [5.74, 6) is -0.115. The SMILES string of the molecule is C=C(C)C(=O)Oc1ccc(CNS(=O)(=O)c2ccc(C)cc2)cc1. The fraction of sp³-hybridized carbons (Fsp3) is 0.167. The Morgan fingerprint density at radius 2 is 1.67 bits per heavy atom. The van der Waals surface area contributed by atoms with Crippen LogP contribution in [0.15, 0.2) is 65.6 Å². The molecule has 2 rings (SSSR count). The van der Waals surface area contributed by atoms with E-state index in [2.05, 4.69) is 11.3 Å². The zero-order chi connectivity index (χ0) is 17.7. The number of carbonyl (C=O) groups is 1. The van der Waals surface area contributed by atoms with Crippen molar-refractivity contribution in [2.75, 3.05) is 0 Å². The van der Waals surface area contributed by atoms with Crippen molar-refractivity contribution in [3.63, 3.8) is 0 Å². The van der Waals surface area contributed by atoms with Gasteiger partial charge < -0.3 is 4.74 Å². The fourth-order valence-corrected chi connectivity index (χ4v) is 2.87. The van der Waals surface area contributed by atoms with E-state index < -0.39 is 16.0 Å². The van der Waals surface area contributed by atoms with E-state index in [0.29, 0.717) is 11.3 Å². The van der Waals surface area contributed by atoms with Gasteiger partial charge in [0.1, 0.15) is 5.75 Å². The van der Waals surface area contributed by atoms with Crippen LogP contribution >= 0.6 is 0 Å². The molecule has 0 heterocycles. The van der Waals surface area contributed by atoms with Crippen molar-refractivity contribution in [1.29, 1.82) is 0 Å². The molecule has 0 aliphatic rings. The van der Waals surface area contributed by atoms with E-state index in [1.807, 2.05) is 6.92 Å². The van der Waals surface area contributed by atoms with Gasteiger partial charge in [0.25, 0.3) is 0 Å². The summed E-state index contributed by atoms with van der Waals surface area (Å²) in [6.07, 6.45) is 0. The summed E-state index contributed by atoms with van der Waals surface area (Å²) < 4.78 is 32.0. The number of ether oxygens (including phenoxy) is 1. The predicted molar refractivity (Wildman–Crippen MR) is 92.1 cm³/mol. The quantitative estimate of drug-likeness (QED) is 0.496. The van der Waals surface area contributed by atoms with Crippen LogP contribution in [0.3, 0.4) is 0 Å². The van der Waals surface area contributed by atoms with Gasteiger partial charge in [0.2, 0.25) is 10.0 Å². The summed E-state index contributed by atoms with van der Waals surface area (Å²) in [7, 11) is -3.56. The zero-order valence-electron chi connectivity index (χ0n) is 13.6. The molecule has 0 aromatic heterocycles. The van der Waals surface area contributed by atoms with E-state index in [1.165, 1.54) is 0 Å². The summed E-state index contributed by atoms with van der Waals surface area (Å²) in [6.45, 7) is 7.11. The second kappa shape index (κ2) is 7.42. The Morgan fingerprint density at radius 3 is 2.21 bits per heavy atom. The molecule has 24 heavy (non-hydrogen) atoms. The Balaban J connectivity index is 2.00. The topological polar surface area (TPSA) is 72.5 Å². The Morgan fingerprint density at radius 1 is 1.08 bits per heavy atom. The number of hydrogen-bond donors (Lipinski definition) is 1.